The molecule has 0 radical (unpaired) electrons. The molecule has 0 saturated carbocycles. The number of nitrogens with zero attached hydrogens (tertiary/aromatic N) is 1. The lowest BCUT2D eigenvalue weighted by Gasteiger charge is -2.19. The summed E-state index contributed by atoms with van der Waals surface area (Å²) in [7, 11) is 0. The van der Waals surface area contributed by atoms with Crippen molar-refractivity contribution in [2.24, 2.45) is 0 Å². The van der Waals surface area contributed by atoms with Gasteiger partial charge in [-0.2, -0.15) is 0 Å². The van der Waals surface area contributed by atoms with E-state index in [4.69, 9.17) is 4.74 Å². The van der Waals surface area contributed by atoms with E-state index < -0.39 is 0 Å². The molecule has 94 valence electrons. The molecular formula is C16H19NO. The van der Waals surface area contributed by atoms with Crippen molar-refractivity contribution in [1.29, 1.82) is 0 Å². The third-order valence-electron chi connectivity index (χ3n) is 2.83. The maximum atomic E-state index is 5.77. The molecular weight excluding hydrogens is 222 g/mol. The summed E-state index contributed by atoms with van der Waals surface area (Å²) in [5.41, 5.74) is 2.45. The summed E-state index contributed by atoms with van der Waals surface area (Å²) in [4.78, 5) is 4.24. The van der Waals surface area contributed by atoms with Crippen LogP contribution in [-0.2, 0) is 12.0 Å². The Balaban J connectivity index is 2.06. The maximum absolute atomic E-state index is 5.77. The smallest absolute Gasteiger partial charge is 0.138 e. The van der Waals surface area contributed by atoms with E-state index in [0.717, 1.165) is 5.75 Å². The maximum Gasteiger partial charge on any atom is 0.138 e. The SMILES string of the molecule is CC(C)(C)c1cncc(OCc2ccccc2)c1. The van der Waals surface area contributed by atoms with Crippen molar-refractivity contribution < 1.29 is 4.74 Å². The van der Waals surface area contributed by atoms with Crippen LogP contribution in [0.3, 0.4) is 0 Å². The number of hydrogen-bond donors (Lipinski definition) is 0. The fourth-order valence-electron chi connectivity index (χ4n) is 1.65. The molecule has 0 N–H and O–H groups in total. The summed E-state index contributed by atoms with van der Waals surface area (Å²) >= 11 is 0. The first kappa shape index (κ1) is 12.6. The first-order chi connectivity index (χ1) is 8.55. The summed E-state index contributed by atoms with van der Waals surface area (Å²) in [6.45, 7) is 7.09. The first-order valence-electron chi connectivity index (χ1n) is 6.18. The summed E-state index contributed by atoms with van der Waals surface area (Å²) in [6.07, 6.45) is 3.66. The predicted octanol–water partition coefficient (Wildman–Crippen LogP) is 3.96. The number of ether oxygens (including phenoxy) is 1. The van der Waals surface area contributed by atoms with Crippen LogP contribution in [-0.4, -0.2) is 4.98 Å². The highest BCUT2D eigenvalue weighted by molar-refractivity contribution is 5.28. The van der Waals surface area contributed by atoms with Crippen molar-refractivity contribution in [2.45, 2.75) is 32.8 Å². The van der Waals surface area contributed by atoms with Gasteiger partial charge in [0.15, 0.2) is 0 Å². The number of pyridine rings is 1. The van der Waals surface area contributed by atoms with Crippen molar-refractivity contribution in [3.8, 4) is 5.75 Å². The lowest BCUT2D eigenvalue weighted by Crippen LogP contribution is -2.11. The van der Waals surface area contributed by atoms with Gasteiger partial charge in [0.2, 0.25) is 0 Å². The monoisotopic (exact) mass is 241 g/mol. The standard InChI is InChI=1S/C16H19NO/c1-16(2,3)14-9-15(11-17-10-14)18-12-13-7-5-4-6-8-13/h4-11H,12H2,1-3H3. The molecule has 1 heterocycles. The van der Waals surface area contributed by atoms with E-state index in [9.17, 15) is 0 Å². The molecule has 2 heteroatoms. The largest absolute Gasteiger partial charge is 0.487 e. The Labute approximate surface area is 109 Å². The molecule has 2 aromatic rings. The zero-order valence-corrected chi connectivity index (χ0v) is 11.2. The van der Waals surface area contributed by atoms with E-state index in [1.165, 1.54) is 11.1 Å². The number of benzene rings is 1. The molecule has 1 aromatic carbocycles. The molecule has 18 heavy (non-hydrogen) atoms. The summed E-state index contributed by atoms with van der Waals surface area (Å²) in [5.74, 6) is 0.825. The van der Waals surface area contributed by atoms with Crippen LogP contribution in [0.5, 0.6) is 5.75 Å². The number of aromatic nitrogens is 1. The van der Waals surface area contributed by atoms with E-state index in [-0.39, 0.29) is 5.41 Å². The van der Waals surface area contributed by atoms with Crippen molar-refractivity contribution in [1.82, 2.24) is 4.98 Å². The highest BCUT2D eigenvalue weighted by atomic mass is 16.5. The Kier molecular flexibility index (Phi) is 3.66. The van der Waals surface area contributed by atoms with E-state index in [0.29, 0.717) is 6.61 Å². The zero-order chi connectivity index (χ0) is 13.0. The van der Waals surface area contributed by atoms with Gasteiger partial charge >= 0.3 is 0 Å². The van der Waals surface area contributed by atoms with E-state index in [1.54, 1.807) is 6.20 Å². The molecule has 0 aliphatic carbocycles. The normalized spacial score (nSPS) is 11.3. The highest BCUT2D eigenvalue weighted by Gasteiger charge is 2.14. The zero-order valence-electron chi connectivity index (χ0n) is 11.2. The van der Waals surface area contributed by atoms with Crippen molar-refractivity contribution in [3.05, 3.63) is 59.9 Å². The molecule has 0 spiro atoms. The number of hydrogen-bond acceptors (Lipinski definition) is 2. The molecule has 0 saturated heterocycles. The Bertz CT molecular complexity index is 500. The summed E-state index contributed by atoms with van der Waals surface area (Å²) in [6, 6.07) is 12.2. The van der Waals surface area contributed by atoms with Gasteiger partial charge in [-0.05, 0) is 22.6 Å². The second-order valence-electron chi connectivity index (χ2n) is 5.43. The highest BCUT2D eigenvalue weighted by Crippen LogP contribution is 2.24. The van der Waals surface area contributed by atoms with E-state index >= 15 is 0 Å². The van der Waals surface area contributed by atoms with Crippen LogP contribution in [0.1, 0.15) is 31.9 Å². The topological polar surface area (TPSA) is 22.1 Å². The Hall–Kier alpha value is -1.83. The fraction of sp³-hybridized carbons (Fsp3) is 0.312. The van der Waals surface area contributed by atoms with Gasteiger partial charge in [-0.1, -0.05) is 51.1 Å². The molecule has 0 aliphatic heterocycles. The molecule has 0 amide bonds. The molecule has 0 atom stereocenters. The van der Waals surface area contributed by atoms with E-state index in [1.807, 2.05) is 24.4 Å². The van der Waals surface area contributed by atoms with Crippen molar-refractivity contribution >= 4 is 0 Å². The Morgan fingerprint density at radius 2 is 1.78 bits per heavy atom. The fourth-order valence-corrected chi connectivity index (χ4v) is 1.65. The van der Waals surface area contributed by atoms with Crippen LogP contribution in [0.25, 0.3) is 0 Å². The number of rotatable bonds is 3. The Morgan fingerprint density at radius 1 is 1.06 bits per heavy atom. The van der Waals surface area contributed by atoms with Gasteiger partial charge < -0.3 is 4.74 Å². The lowest BCUT2D eigenvalue weighted by molar-refractivity contribution is 0.304. The minimum absolute atomic E-state index is 0.0963. The van der Waals surface area contributed by atoms with Gasteiger partial charge in [0.1, 0.15) is 12.4 Å². The first-order valence-corrected chi connectivity index (χ1v) is 6.18. The molecule has 0 unspecified atom stereocenters. The van der Waals surface area contributed by atoms with Crippen LogP contribution < -0.4 is 4.74 Å². The average Bonchev–Trinajstić information content (AvgIpc) is 2.37. The van der Waals surface area contributed by atoms with E-state index in [2.05, 4.69) is 44.0 Å². The van der Waals surface area contributed by atoms with Crippen molar-refractivity contribution in [2.75, 3.05) is 0 Å². The third-order valence-corrected chi connectivity index (χ3v) is 2.83. The molecule has 0 bridgehead atoms. The molecule has 2 rings (SSSR count). The van der Waals surface area contributed by atoms with Crippen LogP contribution in [0.2, 0.25) is 0 Å². The third kappa shape index (κ3) is 3.33. The van der Waals surface area contributed by atoms with Gasteiger partial charge in [-0.3, -0.25) is 4.98 Å². The minimum atomic E-state index is 0.0963. The van der Waals surface area contributed by atoms with Crippen LogP contribution in [0.15, 0.2) is 48.8 Å². The quantitative estimate of drug-likeness (QED) is 0.811. The van der Waals surface area contributed by atoms with Crippen molar-refractivity contribution in [3.63, 3.8) is 0 Å². The predicted molar refractivity (Wildman–Crippen MR) is 73.7 cm³/mol. The Morgan fingerprint density at radius 3 is 2.44 bits per heavy atom. The second kappa shape index (κ2) is 5.21. The average molecular weight is 241 g/mol. The van der Waals surface area contributed by atoms with Gasteiger partial charge in [-0.25, -0.2) is 0 Å². The summed E-state index contributed by atoms with van der Waals surface area (Å²) in [5, 5.41) is 0. The summed E-state index contributed by atoms with van der Waals surface area (Å²) < 4.78 is 5.77. The van der Waals surface area contributed by atoms with Crippen LogP contribution in [0, 0.1) is 0 Å². The van der Waals surface area contributed by atoms with Gasteiger partial charge in [0.05, 0.1) is 6.20 Å². The van der Waals surface area contributed by atoms with Crippen LogP contribution >= 0.6 is 0 Å². The molecule has 1 aromatic heterocycles. The molecule has 0 fully saturated rings. The van der Waals surface area contributed by atoms with Gasteiger partial charge in [-0.15, -0.1) is 0 Å². The minimum Gasteiger partial charge on any atom is -0.487 e. The molecule has 2 nitrogen and oxygen atoms in total. The van der Waals surface area contributed by atoms with Gasteiger partial charge in [0, 0.05) is 6.20 Å². The van der Waals surface area contributed by atoms with Crippen LogP contribution in [0.4, 0.5) is 0 Å². The second-order valence-corrected chi connectivity index (χ2v) is 5.43. The van der Waals surface area contributed by atoms with Gasteiger partial charge in [0.25, 0.3) is 0 Å². The molecule has 0 aliphatic rings. The lowest BCUT2D eigenvalue weighted by atomic mass is 9.88.